The van der Waals surface area contributed by atoms with Crippen LogP contribution in [-0.4, -0.2) is 19.7 Å². The second-order valence-corrected chi connectivity index (χ2v) is 7.18. The maximum atomic E-state index is 10.0. The number of nitrogens with zero attached hydrogens (tertiary/aromatic N) is 3. The summed E-state index contributed by atoms with van der Waals surface area (Å²) in [6.07, 6.45) is 1.85. The Labute approximate surface area is 160 Å². The van der Waals surface area contributed by atoms with E-state index in [9.17, 15) is 5.11 Å². The molecule has 0 radical (unpaired) electrons. The van der Waals surface area contributed by atoms with Crippen LogP contribution in [0.2, 0.25) is 0 Å². The van der Waals surface area contributed by atoms with Gasteiger partial charge in [0.15, 0.2) is 0 Å². The van der Waals surface area contributed by atoms with Gasteiger partial charge in [-0.15, -0.1) is 0 Å². The Balaban J connectivity index is 1.47. The number of aromatic hydroxyl groups is 1. The molecule has 5 rings (SSSR count). The number of aromatic nitrogens is 3. The minimum absolute atomic E-state index is 0.222. The number of hydrogen-bond acceptors (Lipinski definition) is 4. The predicted octanol–water partition coefficient (Wildman–Crippen LogP) is 5.50. The van der Waals surface area contributed by atoms with Gasteiger partial charge in [0, 0.05) is 11.1 Å². The van der Waals surface area contributed by atoms with Crippen molar-refractivity contribution in [3.8, 4) is 38.7 Å². The molecule has 0 amide bonds. The molecule has 0 spiro atoms. The van der Waals surface area contributed by atoms with Crippen LogP contribution in [0.15, 0.2) is 85.1 Å². The van der Waals surface area contributed by atoms with Gasteiger partial charge >= 0.3 is 0 Å². The fraction of sp³-hybridized carbons (Fsp3) is 0. The van der Waals surface area contributed by atoms with Crippen molar-refractivity contribution in [2.45, 2.75) is 0 Å². The Kier molecular flexibility index (Phi) is 3.73. The lowest BCUT2D eigenvalue weighted by atomic mass is 10.0. The highest BCUT2D eigenvalue weighted by Crippen LogP contribution is 2.32. The van der Waals surface area contributed by atoms with E-state index in [2.05, 4.69) is 46.5 Å². The molecule has 2 aromatic heterocycles. The van der Waals surface area contributed by atoms with Crippen LogP contribution in [0.4, 0.5) is 0 Å². The van der Waals surface area contributed by atoms with Gasteiger partial charge in [0.1, 0.15) is 10.8 Å². The van der Waals surface area contributed by atoms with E-state index < -0.39 is 0 Å². The van der Waals surface area contributed by atoms with Gasteiger partial charge in [-0.3, -0.25) is 0 Å². The van der Waals surface area contributed by atoms with Crippen molar-refractivity contribution < 1.29 is 5.11 Å². The number of rotatable bonds is 3. The van der Waals surface area contributed by atoms with Gasteiger partial charge in [-0.05, 0) is 23.3 Å². The van der Waals surface area contributed by atoms with Crippen LogP contribution in [0.25, 0.3) is 37.9 Å². The summed E-state index contributed by atoms with van der Waals surface area (Å²) < 4.78 is 1.77. The first-order chi connectivity index (χ1) is 13.3. The largest absolute Gasteiger partial charge is 0.507 e. The number of para-hydroxylation sites is 1. The summed E-state index contributed by atoms with van der Waals surface area (Å²) in [4.78, 5) is 5.42. The van der Waals surface area contributed by atoms with Gasteiger partial charge in [-0.25, -0.2) is 9.50 Å². The number of hydrogen-bond donors (Lipinski definition) is 1. The summed E-state index contributed by atoms with van der Waals surface area (Å²) in [6.45, 7) is 0. The fourth-order valence-electron chi connectivity index (χ4n) is 3.07. The van der Waals surface area contributed by atoms with Gasteiger partial charge in [-0.2, -0.15) is 5.10 Å². The first-order valence-corrected chi connectivity index (χ1v) is 9.40. The first-order valence-electron chi connectivity index (χ1n) is 8.58. The SMILES string of the molecule is Oc1ccccc1-c1cn2nc(-c3ccc(-c4ccccc4)cc3)sc2n1. The third kappa shape index (κ3) is 2.88. The molecule has 0 aliphatic carbocycles. The molecule has 2 heterocycles. The molecule has 0 unspecified atom stereocenters. The van der Waals surface area contributed by atoms with Crippen LogP contribution < -0.4 is 0 Å². The van der Waals surface area contributed by atoms with Gasteiger partial charge in [0.05, 0.1) is 11.9 Å². The normalized spacial score (nSPS) is 11.1. The van der Waals surface area contributed by atoms with Gasteiger partial charge in [-0.1, -0.05) is 78.1 Å². The van der Waals surface area contributed by atoms with Crippen LogP contribution in [0.3, 0.4) is 0 Å². The summed E-state index contributed by atoms with van der Waals surface area (Å²) in [6, 6.07) is 25.9. The van der Waals surface area contributed by atoms with Crippen molar-refractivity contribution in [1.29, 1.82) is 0 Å². The van der Waals surface area contributed by atoms with Crippen molar-refractivity contribution in [3.63, 3.8) is 0 Å². The first kappa shape index (κ1) is 15.8. The highest BCUT2D eigenvalue weighted by atomic mass is 32.1. The van der Waals surface area contributed by atoms with E-state index >= 15 is 0 Å². The number of phenolic OH excluding ortho intramolecular Hbond substituents is 1. The zero-order valence-corrected chi connectivity index (χ0v) is 15.1. The number of fused-ring (bicyclic) bond motifs is 1. The van der Waals surface area contributed by atoms with Gasteiger partial charge in [0.25, 0.3) is 0 Å². The van der Waals surface area contributed by atoms with E-state index in [0.29, 0.717) is 5.56 Å². The molecule has 0 aliphatic rings. The average molecular weight is 369 g/mol. The highest BCUT2D eigenvalue weighted by molar-refractivity contribution is 7.19. The molecule has 0 atom stereocenters. The van der Waals surface area contributed by atoms with E-state index in [1.165, 1.54) is 22.5 Å². The summed E-state index contributed by atoms with van der Waals surface area (Å²) in [5.41, 5.74) is 4.88. The lowest BCUT2D eigenvalue weighted by Crippen LogP contribution is -1.83. The second kappa shape index (κ2) is 6.37. The summed E-state index contributed by atoms with van der Waals surface area (Å²) in [7, 11) is 0. The molecular formula is C22H15N3OS. The van der Waals surface area contributed by atoms with Gasteiger partial charge in [0.2, 0.25) is 4.96 Å². The Morgan fingerprint density at radius 2 is 1.41 bits per heavy atom. The lowest BCUT2D eigenvalue weighted by Gasteiger charge is -2.02. The molecule has 0 fully saturated rings. The van der Waals surface area contributed by atoms with Crippen LogP contribution in [0.1, 0.15) is 0 Å². The standard InChI is InChI=1S/C22H15N3OS/c26-20-9-5-4-8-18(20)19-14-25-22(23-19)27-21(24-25)17-12-10-16(11-13-17)15-6-2-1-3-7-15/h1-14,26H. The number of benzene rings is 3. The van der Waals surface area contributed by atoms with E-state index in [1.54, 1.807) is 16.6 Å². The van der Waals surface area contributed by atoms with Crippen LogP contribution in [0.5, 0.6) is 5.75 Å². The second-order valence-electron chi connectivity index (χ2n) is 6.22. The maximum Gasteiger partial charge on any atom is 0.213 e. The third-order valence-electron chi connectivity index (χ3n) is 4.46. The Morgan fingerprint density at radius 1 is 0.741 bits per heavy atom. The molecule has 4 nitrogen and oxygen atoms in total. The Bertz CT molecular complexity index is 1190. The van der Waals surface area contributed by atoms with E-state index in [4.69, 9.17) is 0 Å². The van der Waals surface area contributed by atoms with Crippen LogP contribution >= 0.6 is 11.3 Å². The molecule has 27 heavy (non-hydrogen) atoms. The van der Waals surface area contributed by atoms with E-state index in [0.717, 1.165) is 21.2 Å². The molecule has 130 valence electrons. The summed E-state index contributed by atoms with van der Waals surface area (Å²) in [5, 5.41) is 15.6. The van der Waals surface area contributed by atoms with Crippen molar-refractivity contribution in [3.05, 3.63) is 85.1 Å². The highest BCUT2D eigenvalue weighted by Gasteiger charge is 2.13. The molecule has 3 aromatic carbocycles. The molecule has 5 aromatic rings. The Morgan fingerprint density at radius 3 is 2.15 bits per heavy atom. The number of phenols is 1. The molecule has 0 saturated heterocycles. The molecule has 0 bridgehead atoms. The van der Waals surface area contributed by atoms with Crippen molar-refractivity contribution in [2.24, 2.45) is 0 Å². The van der Waals surface area contributed by atoms with Gasteiger partial charge < -0.3 is 5.11 Å². The molecule has 0 saturated carbocycles. The average Bonchev–Trinajstić information content (AvgIpc) is 3.28. The monoisotopic (exact) mass is 369 g/mol. The van der Waals surface area contributed by atoms with Crippen LogP contribution in [0, 0.1) is 0 Å². The molecular weight excluding hydrogens is 354 g/mol. The van der Waals surface area contributed by atoms with E-state index in [1.807, 2.05) is 36.5 Å². The summed E-state index contributed by atoms with van der Waals surface area (Å²) in [5.74, 6) is 0.222. The van der Waals surface area contributed by atoms with E-state index in [-0.39, 0.29) is 5.75 Å². The smallest absolute Gasteiger partial charge is 0.213 e. The number of imidazole rings is 1. The van der Waals surface area contributed by atoms with Crippen molar-refractivity contribution in [2.75, 3.05) is 0 Å². The quantitative estimate of drug-likeness (QED) is 0.457. The third-order valence-corrected chi connectivity index (χ3v) is 5.43. The summed E-state index contributed by atoms with van der Waals surface area (Å²) >= 11 is 1.53. The van der Waals surface area contributed by atoms with Crippen LogP contribution in [-0.2, 0) is 0 Å². The minimum Gasteiger partial charge on any atom is -0.507 e. The minimum atomic E-state index is 0.222. The molecule has 1 N–H and O–H groups in total. The predicted molar refractivity (Wildman–Crippen MR) is 109 cm³/mol. The van der Waals surface area contributed by atoms with Crippen molar-refractivity contribution >= 4 is 16.3 Å². The Hall–Kier alpha value is -3.44. The molecule has 0 aliphatic heterocycles. The molecule has 5 heteroatoms. The lowest BCUT2D eigenvalue weighted by molar-refractivity contribution is 0.477. The maximum absolute atomic E-state index is 10.0. The van der Waals surface area contributed by atoms with Crippen molar-refractivity contribution in [1.82, 2.24) is 14.6 Å². The zero-order chi connectivity index (χ0) is 18.2. The fourth-order valence-corrected chi connectivity index (χ4v) is 3.96. The topological polar surface area (TPSA) is 50.4 Å². The zero-order valence-electron chi connectivity index (χ0n) is 14.3.